The van der Waals surface area contributed by atoms with Crippen molar-refractivity contribution in [2.24, 2.45) is 0 Å². The Morgan fingerprint density at radius 3 is 2.39 bits per heavy atom. The normalized spacial score (nSPS) is 19.9. The fourth-order valence-electron chi connectivity index (χ4n) is 3.86. The Bertz CT molecular complexity index is 1150. The van der Waals surface area contributed by atoms with Gasteiger partial charge >= 0.3 is 0 Å². The lowest BCUT2D eigenvalue weighted by Gasteiger charge is -2.44. The lowest BCUT2D eigenvalue weighted by molar-refractivity contribution is -0.119. The Morgan fingerprint density at radius 2 is 1.61 bits per heavy atom. The first-order chi connectivity index (χ1) is 13.5. The van der Waals surface area contributed by atoms with Crippen LogP contribution in [0.5, 0.6) is 0 Å². The number of carbonyl (C=O) groups is 2. The number of benzene rings is 3. The fraction of sp³-hybridized carbons (Fsp3) is 0.0476. The molecule has 2 heterocycles. The lowest BCUT2D eigenvalue weighted by atomic mass is 9.92. The van der Waals surface area contributed by atoms with E-state index in [-0.39, 0.29) is 11.8 Å². The number of amides is 2. The first kappa shape index (κ1) is 17.3. The molecule has 0 fully saturated rings. The molecule has 2 aliphatic rings. The van der Waals surface area contributed by atoms with Gasteiger partial charge < -0.3 is 10.6 Å². The standard InChI is InChI=1S/C21H13BrClN3O2/c22-15-5-3-7-17-18(15)21(20(28)24-17)25-16-6-2-1-4-14(16)19(27)26(21)13-10-8-12(23)9-11-13/h1-11,25H,(H,24,28). The Hall–Kier alpha value is -2.83. The minimum absolute atomic E-state index is 0.268. The average molecular weight is 455 g/mol. The molecule has 1 atom stereocenters. The third-order valence-electron chi connectivity index (χ3n) is 5.05. The summed E-state index contributed by atoms with van der Waals surface area (Å²) in [5, 5.41) is 6.80. The zero-order valence-electron chi connectivity index (χ0n) is 14.4. The molecule has 5 rings (SSSR count). The number of halogens is 2. The molecule has 3 aromatic carbocycles. The van der Waals surface area contributed by atoms with E-state index in [9.17, 15) is 9.59 Å². The van der Waals surface area contributed by atoms with Crippen LogP contribution in [0.1, 0.15) is 15.9 Å². The first-order valence-electron chi connectivity index (χ1n) is 8.60. The number of hydrogen-bond donors (Lipinski definition) is 2. The number of nitrogens with zero attached hydrogens (tertiary/aromatic N) is 1. The molecule has 0 aromatic heterocycles. The number of para-hydroxylation sites is 1. The summed E-state index contributed by atoms with van der Waals surface area (Å²) in [4.78, 5) is 28.4. The summed E-state index contributed by atoms with van der Waals surface area (Å²) < 4.78 is 0.724. The van der Waals surface area contributed by atoms with E-state index in [0.717, 1.165) is 4.47 Å². The number of carbonyl (C=O) groups excluding carboxylic acids is 2. The third kappa shape index (κ3) is 2.25. The quantitative estimate of drug-likeness (QED) is 0.545. The SMILES string of the molecule is O=C1c2ccccc2NC2(C(=O)Nc3cccc(Br)c32)N1c1ccc(Cl)cc1. The van der Waals surface area contributed by atoms with E-state index >= 15 is 0 Å². The van der Waals surface area contributed by atoms with Crippen LogP contribution in [0.3, 0.4) is 0 Å². The summed E-state index contributed by atoms with van der Waals surface area (Å²) in [5.41, 5.74) is 1.56. The van der Waals surface area contributed by atoms with Crippen molar-refractivity contribution < 1.29 is 9.59 Å². The van der Waals surface area contributed by atoms with Crippen molar-refractivity contribution in [2.75, 3.05) is 15.5 Å². The zero-order chi connectivity index (χ0) is 19.5. The molecule has 5 nitrogen and oxygen atoms in total. The van der Waals surface area contributed by atoms with Gasteiger partial charge in [-0.25, -0.2) is 0 Å². The van der Waals surface area contributed by atoms with Gasteiger partial charge in [0, 0.05) is 26.4 Å². The maximum Gasteiger partial charge on any atom is 0.276 e. The van der Waals surface area contributed by atoms with Gasteiger partial charge in [0.25, 0.3) is 11.8 Å². The van der Waals surface area contributed by atoms with Crippen LogP contribution >= 0.6 is 27.5 Å². The minimum atomic E-state index is -1.42. The van der Waals surface area contributed by atoms with Crippen molar-refractivity contribution in [2.45, 2.75) is 5.66 Å². The van der Waals surface area contributed by atoms with Crippen molar-refractivity contribution >= 4 is 56.4 Å². The van der Waals surface area contributed by atoms with E-state index in [2.05, 4.69) is 26.6 Å². The Balaban J connectivity index is 1.84. The Labute approximate surface area is 174 Å². The summed E-state index contributed by atoms with van der Waals surface area (Å²) in [7, 11) is 0. The monoisotopic (exact) mass is 453 g/mol. The number of fused-ring (bicyclic) bond motifs is 3. The number of rotatable bonds is 1. The summed E-state index contributed by atoms with van der Waals surface area (Å²) in [5.74, 6) is -0.595. The van der Waals surface area contributed by atoms with Crippen LogP contribution < -0.4 is 15.5 Å². The molecule has 1 unspecified atom stereocenters. The van der Waals surface area contributed by atoms with Gasteiger partial charge in [-0.3, -0.25) is 14.5 Å². The predicted octanol–water partition coefficient (Wildman–Crippen LogP) is 4.98. The second-order valence-corrected chi connectivity index (χ2v) is 7.91. The second-order valence-electron chi connectivity index (χ2n) is 6.61. The van der Waals surface area contributed by atoms with E-state index in [1.54, 1.807) is 42.5 Å². The van der Waals surface area contributed by atoms with Crippen LogP contribution in [0.25, 0.3) is 0 Å². The summed E-state index contributed by atoms with van der Waals surface area (Å²) in [6.07, 6.45) is 0. The highest BCUT2D eigenvalue weighted by Gasteiger charge is 2.57. The smallest absolute Gasteiger partial charge is 0.276 e. The molecule has 2 amide bonds. The minimum Gasteiger partial charge on any atom is -0.350 e. The van der Waals surface area contributed by atoms with Crippen molar-refractivity contribution in [3.8, 4) is 0 Å². The van der Waals surface area contributed by atoms with Crippen LogP contribution in [-0.4, -0.2) is 11.8 Å². The van der Waals surface area contributed by atoms with Gasteiger partial charge in [-0.15, -0.1) is 0 Å². The van der Waals surface area contributed by atoms with Crippen LogP contribution in [0, 0.1) is 0 Å². The topological polar surface area (TPSA) is 61.4 Å². The van der Waals surface area contributed by atoms with E-state index in [1.165, 1.54) is 4.90 Å². The van der Waals surface area contributed by atoms with Gasteiger partial charge in [0.2, 0.25) is 5.66 Å². The lowest BCUT2D eigenvalue weighted by Crippen LogP contribution is -2.62. The molecule has 0 saturated heterocycles. The molecule has 28 heavy (non-hydrogen) atoms. The van der Waals surface area contributed by atoms with Gasteiger partial charge in [-0.1, -0.05) is 45.7 Å². The average Bonchev–Trinajstić information content (AvgIpc) is 2.96. The van der Waals surface area contributed by atoms with E-state index in [0.29, 0.717) is 33.2 Å². The molecule has 2 aliphatic heterocycles. The first-order valence-corrected chi connectivity index (χ1v) is 9.77. The molecular formula is C21H13BrClN3O2. The zero-order valence-corrected chi connectivity index (χ0v) is 16.7. The predicted molar refractivity (Wildman–Crippen MR) is 113 cm³/mol. The molecule has 0 aliphatic carbocycles. The molecule has 0 radical (unpaired) electrons. The van der Waals surface area contributed by atoms with Gasteiger partial charge in [-0.2, -0.15) is 0 Å². The molecule has 0 saturated carbocycles. The maximum atomic E-state index is 13.6. The van der Waals surface area contributed by atoms with Crippen LogP contribution in [0.2, 0.25) is 5.02 Å². The number of nitrogens with one attached hydrogen (secondary N) is 2. The third-order valence-corrected chi connectivity index (χ3v) is 5.96. The number of hydrogen-bond acceptors (Lipinski definition) is 3. The van der Waals surface area contributed by atoms with Gasteiger partial charge in [-0.05, 0) is 48.5 Å². The van der Waals surface area contributed by atoms with Crippen molar-refractivity contribution in [3.05, 3.63) is 87.4 Å². The number of anilines is 3. The van der Waals surface area contributed by atoms with Crippen molar-refractivity contribution in [1.29, 1.82) is 0 Å². The van der Waals surface area contributed by atoms with Crippen molar-refractivity contribution in [3.63, 3.8) is 0 Å². The summed E-state index contributed by atoms with van der Waals surface area (Å²) in [6.45, 7) is 0. The molecule has 2 N–H and O–H groups in total. The van der Waals surface area contributed by atoms with Crippen LogP contribution in [0.4, 0.5) is 17.1 Å². The molecule has 7 heteroatoms. The van der Waals surface area contributed by atoms with E-state index in [4.69, 9.17) is 11.6 Å². The molecule has 1 spiro atoms. The highest BCUT2D eigenvalue weighted by molar-refractivity contribution is 9.10. The molecular weight excluding hydrogens is 442 g/mol. The van der Waals surface area contributed by atoms with E-state index < -0.39 is 5.66 Å². The highest BCUT2D eigenvalue weighted by Crippen LogP contribution is 2.49. The Morgan fingerprint density at radius 1 is 0.893 bits per heavy atom. The van der Waals surface area contributed by atoms with Gasteiger partial charge in [0.1, 0.15) is 0 Å². The molecule has 0 bridgehead atoms. The van der Waals surface area contributed by atoms with Gasteiger partial charge in [0.15, 0.2) is 0 Å². The molecule has 3 aromatic rings. The second kappa shape index (κ2) is 6.09. The Kier molecular flexibility index (Phi) is 3.76. The van der Waals surface area contributed by atoms with Crippen LogP contribution in [0.15, 0.2) is 71.2 Å². The van der Waals surface area contributed by atoms with E-state index in [1.807, 2.05) is 24.3 Å². The highest BCUT2D eigenvalue weighted by atomic mass is 79.9. The van der Waals surface area contributed by atoms with Crippen LogP contribution in [-0.2, 0) is 10.5 Å². The summed E-state index contributed by atoms with van der Waals surface area (Å²) in [6, 6.07) is 19.6. The summed E-state index contributed by atoms with van der Waals surface area (Å²) >= 11 is 9.61. The molecule has 138 valence electrons. The largest absolute Gasteiger partial charge is 0.350 e. The van der Waals surface area contributed by atoms with Gasteiger partial charge in [0.05, 0.1) is 11.3 Å². The maximum absolute atomic E-state index is 13.6. The fourth-order valence-corrected chi connectivity index (χ4v) is 4.64. The van der Waals surface area contributed by atoms with Crippen molar-refractivity contribution in [1.82, 2.24) is 0 Å².